The minimum atomic E-state index is -4.31. The van der Waals surface area contributed by atoms with Crippen LogP contribution < -0.4 is 5.32 Å². The summed E-state index contributed by atoms with van der Waals surface area (Å²) in [5.74, 6) is -4.27. The van der Waals surface area contributed by atoms with Crippen LogP contribution in [0.1, 0.15) is 20.8 Å². The molecule has 2 aliphatic rings. The summed E-state index contributed by atoms with van der Waals surface area (Å²) in [6, 6.07) is 5.86. The third kappa shape index (κ3) is 7.98. The van der Waals surface area contributed by atoms with Gasteiger partial charge in [-0.1, -0.05) is 23.4 Å². The minimum absolute atomic E-state index is 0.00221. The fourth-order valence-electron chi connectivity index (χ4n) is 3.75. The summed E-state index contributed by atoms with van der Waals surface area (Å²) in [5.41, 5.74) is -1.35. The number of Topliss-reactive ketones (excluding diaryl/α,β-unsaturated/α-hetero) is 1. The number of carbonyl (C=O) groups excluding carboxylic acids is 5. The van der Waals surface area contributed by atoms with E-state index in [4.69, 9.17) is 18.4 Å². The zero-order valence-electron chi connectivity index (χ0n) is 24.0. The van der Waals surface area contributed by atoms with Crippen LogP contribution in [0, 0.1) is 5.41 Å². The molecule has 1 aromatic rings. The summed E-state index contributed by atoms with van der Waals surface area (Å²) >= 11 is 1.21. The first kappa shape index (κ1) is 33.7. The Kier molecular flexibility index (Phi) is 11.1. The smallest absolute Gasteiger partial charge is 0.358 e. The van der Waals surface area contributed by atoms with E-state index in [0.29, 0.717) is 5.57 Å². The molecule has 1 unspecified atom stereocenters. The molecule has 234 valence electrons. The molecular formula is C26H31N3O12S2. The van der Waals surface area contributed by atoms with Crippen LogP contribution in [0.5, 0.6) is 0 Å². The SMILES string of the molecule is COCC1=C(C(=O)OCOC(=O)C(C)(C)C)N2C(=O)C(NC(=O)C(=NOC)C(=O)COS(=O)(=O)c3ccccc3)[C@@H]2SC1. The van der Waals surface area contributed by atoms with E-state index in [0.717, 1.165) is 12.0 Å². The maximum absolute atomic E-state index is 13.1. The normalized spacial score (nSPS) is 18.8. The summed E-state index contributed by atoms with van der Waals surface area (Å²) in [6.07, 6.45) is 0. The van der Waals surface area contributed by atoms with Crippen molar-refractivity contribution in [1.29, 1.82) is 0 Å². The van der Waals surface area contributed by atoms with E-state index in [1.165, 1.54) is 43.1 Å². The van der Waals surface area contributed by atoms with Crippen LogP contribution in [-0.4, -0.2) is 100.0 Å². The van der Waals surface area contributed by atoms with Crippen LogP contribution in [-0.2, 0) is 57.3 Å². The van der Waals surface area contributed by atoms with Crippen molar-refractivity contribution in [2.75, 3.05) is 40.0 Å². The van der Waals surface area contributed by atoms with E-state index in [2.05, 4.69) is 15.3 Å². The highest BCUT2D eigenvalue weighted by Gasteiger charge is 2.55. The number of β-lactam (4-membered cyclic amide) rings is 1. The first-order valence-electron chi connectivity index (χ1n) is 12.6. The molecule has 43 heavy (non-hydrogen) atoms. The Bertz CT molecular complexity index is 1430. The van der Waals surface area contributed by atoms with E-state index in [1.807, 2.05) is 0 Å². The van der Waals surface area contributed by atoms with Crippen molar-refractivity contribution in [3.05, 3.63) is 41.6 Å². The fourth-order valence-corrected chi connectivity index (χ4v) is 5.97. The van der Waals surface area contributed by atoms with Gasteiger partial charge >= 0.3 is 11.9 Å². The first-order chi connectivity index (χ1) is 20.2. The van der Waals surface area contributed by atoms with Gasteiger partial charge in [-0.25, -0.2) is 4.79 Å². The number of amides is 2. The summed E-state index contributed by atoms with van der Waals surface area (Å²) < 4.78 is 44.7. The van der Waals surface area contributed by atoms with Crippen molar-refractivity contribution in [3.63, 3.8) is 0 Å². The topological polar surface area (TPSA) is 193 Å². The highest BCUT2D eigenvalue weighted by molar-refractivity contribution is 8.00. The van der Waals surface area contributed by atoms with Crippen molar-refractivity contribution >= 4 is 57.1 Å². The molecule has 2 heterocycles. The molecule has 2 aliphatic heterocycles. The van der Waals surface area contributed by atoms with Gasteiger partial charge < -0.3 is 24.4 Å². The number of methoxy groups -OCH3 is 1. The molecule has 1 saturated heterocycles. The molecule has 15 nitrogen and oxygen atoms in total. The monoisotopic (exact) mass is 641 g/mol. The average Bonchev–Trinajstić information content (AvgIpc) is 2.97. The van der Waals surface area contributed by atoms with E-state index < -0.39 is 75.6 Å². The van der Waals surface area contributed by atoms with Gasteiger partial charge in [-0.05, 0) is 38.5 Å². The molecule has 0 saturated carbocycles. The lowest BCUT2D eigenvalue weighted by atomic mass is 9.98. The Hall–Kier alpha value is -3.80. The molecule has 1 N–H and O–H groups in total. The van der Waals surface area contributed by atoms with E-state index in [-0.39, 0.29) is 23.0 Å². The van der Waals surface area contributed by atoms with Crippen LogP contribution in [0.25, 0.3) is 0 Å². The second-order valence-corrected chi connectivity index (χ2v) is 12.8. The first-order valence-corrected chi connectivity index (χ1v) is 15.1. The Balaban J connectivity index is 1.68. The van der Waals surface area contributed by atoms with Crippen molar-refractivity contribution in [2.45, 2.75) is 37.1 Å². The Morgan fingerprint density at radius 3 is 2.37 bits per heavy atom. The third-order valence-electron chi connectivity index (χ3n) is 5.88. The predicted octanol–water partition coefficient (Wildman–Crippen LogP) is 0.354. The van der Waals surface area contributed by atoms with Gasteiger partial charge in [-0.2, -0.15) is 8.42 Å². The van der Waals surface area contributed by atoms with Gasteiger partial charge in [0.25, 0.3) is 21.9 Å². The number of hydrogen-bond donors (Lipinski definition) is 1. The lowest BCUT2D eigenvalue weighted by molar-refractivity contribution is -0.173. The molecule has 1 fully saturated rings. The summed E-state index contributed by atoms with van der Waals surface area (Å²) in [4.78, 5) is 69.2. The lowest BCUT2D eigenvalue weighted by Gasteiger charge is -2.49. The summed E-state index contributed by atoms with van der Waals surface area (Å²) in [6.45, 7) is 3.14. The molecule has 17 heteroatoms. The molecular weight excluding hydrogens is 610 g/mol. The second kappa shape index (κ2) is 14.1. The quantitative estimate of drug-likeness (QED) is 0.0591. The van der Waals surface area contributed by atoms with Gasteiger partial charge in [-0.15, -0.1) is 11.8 Å². The average molecular weight is 642 g/mol. The summed E-state index contributed by atoms with van der Waals surface area (Å²) in [7, 11) is -1.85. The Labute approximate surface area is 252 Å². The number of ketones is 1. The number of benzene rings is 1. The van der Waals surface area contributed by atoms with Crippen LogP contribution in [0.15, 0.2) is 51.7 Å². The molecule has 1 aromatic carbocycles. The standard InChI is InChI=1S/C26H31N3O12S2/c1-26(2,3)25(34)40-14-39-24(33)20-15(11-37-4)13-42-23-19(22(32)29(20)23)27-21(31)18(28-38-5)17(30)12-41-43(35,36)16-9-7-6-8-10-16/h6-10,19,23H,11-14H2,1-5H3,(H,27,31)/t19?,23-/m0/s1. The van der Waals surface area contributed by atoms with Gasteiger partial charge in [0.1, 0.15) is 30.8 Å². The largest absolute Gasteiger partial charge is 0.427 e. The van der Waals surface area contributed by atoms with Crippen LogP contribution in [0.2, 0.25) is 0 Å². The number of ether oxygens (including phenoxy) is 3. The zero-order valence-corrected chi connectivity index (χ0v) is 25.6. The minimum Gasteiger partial charge on any atom is -0.427 e. The number of esters is 2. The van der Waals surface area contributed by atoms with Crippen LogP contribution in [0.4, 0.5) is 0 Å². The third-order valence-corrected chi connectivity index (χ3v) is 8.49. The number of thioether (sulfide) groups is 1. The molecule has 0 aliphatic carbocycles. The van der Waals surface area contributed by atoms with Gasteiger partial charge in [0, 0.05) is 12.9 Å². The number of rotatable bonds is 13. The summed E-state index contributed by atoms with van der Waals surface area (Å²) in [5, 5.41) is 5.00. The highest BCUT2D eigenvalue weighted by Crippen LogP contribution is 2.40. The number of hydrogen-bond acceptors (Lipinski definition) is 14. The van der Waals surface area contributed by atoms with Crippen LogP contribution in [0.3, 0.4) is 0 Å². The number of nitrogens with zero attached hydrogens (tertiary/aromatic N) is 2. The highest BCUT2D eigenvalue weighted by atomic mass is 32.2. The molecule has 2 atom stereocenters. The van der Waals surface area contributed by atoms with Crippen molar-refractivity contribution < 1.29 is 55.6 Å². The molecule has 0 spiro atoms. The number of nitrogens with one attached hydrogen (secondary N) is 1. The maximum atomic E-state index is 13.1. The van der Waals surface area contributed by atoms with Crippen molar-refractivity contribution in [3.8, 4) is 0 Å². The zero-order chi connectivity index (χ0) is 31.9. The number of fused-ring (bicyclic) bond motifs is 1. The van der Waals surface area contributed by atoms with Gasteiger partial charge in [0.05, 0.1) is 16.9 Å². The van der Waals surface area contributed by atoms with E-state index in [9.17, 15) is 32.4 Å². The van der Waals surface area contributed by atoms with Crippen molar-refractivity contribution in [2.24, 2.45) is 10.6 Å². The fraction of sp³-hybridized carbons (Fsp3) is 0.462. The lowest BCUT2D eigenvalue weighted by Crippen LogP contribution is -2.71. The van der Waals surface area contributed by atoms with Gasteiger partial charge in [0.15, 0.2) is 0 Å². The predicted molar refractivity (Wildman–Crippen MR) is 149 cm³/mol. The van der Waals surface area contributed by atoms with E-state index >= 15 is 0 Å². The molecule has 0 radical (unpaired) electrons. The molecule has 2 amide bonds. The number of oxime groups is 1. The Morgan fingerprint density at radius 1 is 1.09 bits per heavy atom. The van der Waals surface area contributed by atoms with Gasteiger partial charge in [0.2, 0.25) is 18.3 Å². The molecule has 0 aromatic heterocycles. The van der Waals surface area contributed by atoms with Crippen LogP contribution >= 0.6 is 11.8 Å². The number of carbonyl (C=O) groups is 5. The Morgan fingerprint density at radius 2 is 1.77 bits per heavy atom. The van der Waals surface area contributed by atoms with E-state index in [1.54, 1.807) is 26.8 Å². The second-order valence-electron chi connectivity index (χ2n) is 10.1. The molecule has 0 bridgehead atoms. The van der Waals surface area contributed by atoms with Gasteiger partial charge in [-0.3, -0.25) is 28.3 Å². The maximum Gasteiger partial charge on any atom is 0.358 e. The van der Waals surface area contributed by atoms with Crippen molar-refractivity contribution in [1.82, 2.24) is 10.2 Å². The molecule has 3 rings (SSSR count).